The third kappa shape index (κ3) is 5.75. The lowest BCUT2D eigenvalue weighted by Crippen LogP contribution is -2.42. The molecule has 3 aliphatic carbocycles. The first kappa shape index (κ1) is 29.9. The summed E-state index contributed by atoms with van der Waals surface area (Å²) in [6.45, 7) is -0.206. The minimum atomic E-state index is -4.87. The summed E-state index contributed by atoms with van der Waals surface area (Å²) in [4.78, 5) is 32.6. The number of nitrogens with zero attached hydrogens (tertiary/aromatic N) is 2. The molecule has 14 heteroatoms. The molecule has 2 aromatic rings. The molecular formula is C27H27Cl2F5N4O3. The van der Waals surface area contributed by atoms with Crippen LogP contribution in [0.3, 0.4) is 0 Å². The molecule has 7 nitrogen and oxygen atoms in total. The zero-order chi connectivity index (χ0) is 29.7. The van der Waals surface area contributed by atoms with Crippen molar-refractivity contribution in [2.24, 2.45) is 17.3 Å². The molecule has 0 aliphatic heterocycles. The van der Waals surface area contributed by atoms with Crippen molar-refractivity contribution in [1.82, 2.24) is 20.6 Å². The van der Waals surface area contributed by atoms with Crippen molar-refractivity contribution in [2.75, 3.05) is 6.54 Å². The maximum Gasteiger partial charge on any atom is 0.434 e. The Morgan fingerprint density at radius 2 is 1.85 bits per heavy atom. The van der Waals surface area contributed by atoms with Gasteiger partial charge < -0.3 is 15.7 Å². The van der Waals surface area contributed by atoms with Gasteiger partial charge in [-0.2, -0.15) is 13.2 Å². The van der Waals surface area contributed by atoms with Gasteiger partial charge in [0.2, 0.25) is 5.91 Å². The molecular weight excluding hydrogens is 594 g/mol. The summed E-state index contributed by atoms with van der Waals surface area (Å²) in [5, 5.41) is 15.9. The van der Waals surface area contributed by atoms with Crippen molar-refractivity contribution in [3.63, 3.8) is 0 Å². The lowest BCUT2D eigenvalue weighted by atomic mass is 9.74. The maximum absolute atomic E-state index is 15.2. The van der Waals surface area contributed by atoms with E-state index in [1.54, 1.807) is 0 Å². The monoisotopic (exact) mass is 620 g/mol. The molecule has 0 spiro atoms. The molecule has 4 atom stereocenters. The molecule has 3 fully saturated rings. The number of carbonyl (C=O) groups is 2. The summed E-state index contributed by atoms with van der Waals surface area (Å²) in [5.74, 6) is -3.66. The zero-order valence-electron chi connectivity index (χ0n) is 21.6. The highest BCUT2D eigenvalue weighted by Crippen LogP contribution is 2.64. The molecule has 1 heterocycles. The van der Waals surface area contributed by atoms with E-state index in [0.717, 1.165) is 12.3 Å². The van der Waals surface area contributed by atoms with Crippen LogP contribution >= 0.6 is 23.2 Å². The number of amides is 2. The van der Waals surface area contributed by atoms with Crippen LogP contribution in [0.25, 0.3) is 0 Å². The standard InChI is InChI=1S/C27H27Cl2F5N4O3/c28-16-1-2-17(30)19(20(16)29)22(25-3-5-26(31,11-25)6-4-25)38-23(40)13-7-14(18(39)8-13)9-36-24(41)15-10-35-12-37-21(15)27(32,33)34/h1-2,10,12-14,18,22,39H,3-9,11H2,(H,36,41)(H,38,40)/t13-,14+,18+,22+,25?,26?/m0/s1. The minimum Gasteiger partial charge on any atom is -0.393 e. The molecule has 41 heavy (non-hydrogen) atoms. The van der Waals surface area contributed by atoms with Gasteiger partial charge in [0.15, 0.2) is 5.69 Å². The second kappa shape index (κ2) is 10.9. The lowest BCUT2D eigenvalue weighted by Gasteiger charge is -2.38. The Kier molecular flexibility index (Phi) is 7.97. The van der Waals surface area contributed by atoms with E-state index in [9.17, 15) is 27.9 Å². The first-order valence-corrected chi connectivity index (χ1v) is 13.9. The number of aliphatic hydroxyl groups excluding tert-OH is 1. The largest absolute Gasteiger partial charge is 0.434 e. The van der Waals surface area contributed by atoms with Crippen LogP contribution < -0.4 is 10.6 Å². The van der Waals surface area contributed by atoms with E-state index < -0.39 is 70.1 Å². The molecule has 222 valence electrons. The fraction of sp³-hybridized carbons (Fsp3) is 0.556. The number of aromatic nitrogens is 2. The smallest absolute Gasteiger partial charge is 0.393 e. The summed E-state index contributed by atoms with van der Waals surface area (Å²) in [7, 11) is 0. The Labute approximate surface area is 242 Å². The predicted molar refractivity (Wildman–Crippen MR) is 138 cm³/mol. The summed E-state index contributed by atoms with van der Waals surface area (Å²) in [5.41, 5.74) is -4.32. The summed E-state index contributed by atoms with van der Waals surface area (Å²) >= 11 is 12.6. The van der Waals surface area contributed by atoms with Crippen LogP contribution in [-0.2, 0) is 11.0 Å². The highest BCUT2D eigenvalue weighted by Gasteiger charge is 2.59. The summed E-state index contributed by atoms with van der Waals surface area (Å²) < 4.78 is 70.0. The van der Waals surface area contributed by atoms with Gasteiger partial charge in [0.25, 0.3) is 5.91 Å². The van der Waals surface area contributed by atoms with E-state index in [2.05, 4.69) is 20.6 Å². The topological polar surface area (TPSA) is 104 Å². The minimum absolute atomic E-state index is 0.00709. The van der Waals surface area contributed by atoms with Crippen LogP contribution in [0.1, 0.15) is 72.6 Å². The number of benzene rings is 1. The van der Waals surface area contributed by atoms with E-state index in [1.807, 2.05) is 0 Å². The Morgan fingerprint density at radius 3 is 2.49 bits per heavy atom. The Bertz CT molecular complexity index is 1350. The fourth-order valence-electron chi connectivity index (χ4n) is 6.75. The number of nitrogens with one attached hydrogen (secondary N) is 2. The Hall–Kier alpha value is -2.57. The first-order valence-electron chi connectivity index (χ1n) is 13.2. The summed E-state index contributed by atoms with van der Waals surface area (Å²) in [6.07, 6.45) is -2.82. The molecule has 2 amide bonds. The van der Waals surface area contributed by atoms with Gasteiger partial charge in [-0.3, -0.25) is 9.59 Å². The Balaban J connectivity index is 1.30. The third-order valence-electron chi connectivity index (χ3n) is 8.86. The van der Waals surface area contributed by atoms with Crippen molar-refractivity contribution in [2.45, 2.75) is 68.9 Å². The van der Waals surface area contributed by atoms with Crippen LogP contribution in [0, 0.1) is 23.1 Å². The maximum atomic E-state index is 15.2. The molecule has 0 unspecified atom stereocenters. The lowest BCUT2D eigenvalue weighted by molar-refractivity contribution is -0.141. The molecule has 0 radical (unpaired) electrons. The molecule has 3 aliphatic rings. The number of hydrogen-bond acceptors (Lipinski definition) is 5. The van der Waals surface area contributed by atoms with E-state index >= 15 is 8.78 Å². The van der Waals surface area contributed by atoms with E-state index in [4.69, 9.17) is 23.2 Å². The van der Waals surface area contributed by atoms with E-state index in [-0.39, 0.29) is 54.3 Å². The first-order chi connectivity index (χ1) is 19.2. The number of carbonyl (C=O) groups excluding carboxylic acids is 2. The number of hydrogen-bond donors (Lipinski definition) is 3. The highest BCUT2D eigenvalue weighted by molar-refractivity contribution is 6.42. The number of fused-ring (bicyclic) bond motifs is 2. The van der Waals surface area contributed by atoms with Crippen LogP contribution in [-0.4, -0.2) is 45.2 Å². The molecule has 1 aromatic heterocycles. The van der Waals surface area contributed by atoms with Gasteiger partial charge >= 0.3 is 6.18 Å². The van der Waals surface area contributed by atoms with Crippen molar-refractivity contribution in [3.05, 3.63) is 57.3 Å². The van der Waals surface area contributed by atoms with Crippen LogP contribution in [0.4, 0.5) is 22.0 Å². The predicted octanol–water partition coefficient (Wildman–Crippen LogP) is 5.59. The second-order valence-corrected chi connectivity index (χ2v) is 12.2. The van der Waals surface area contributed by atoms with Crippen molar-refractivity contribution >= 4 is 35.0 Å². The van der Waals surface area contributed by atoms with Crippen LogP contribution in [0.5, 0.6) is 0 Å². The van der Waals surface area contributed by atoms with Gasteiger partial charge in [-0.15, -0.1) is 0 Å². The van der Waals surface area contributed by atoms with Gasteiger partial charge in [0.05, 0.1) is 27.8 Å². The van der Waals surface area contributed by atoms with Crippen LogP contribution in [0.15, 0.2) is 24.7 Å². The normalized spacial score (nSPS) is 29.9. The number of halogens is 7. The number of aliphatic hydroxyl groups is 1. The molecule has 1 aromatic carbocycles. The average Bonchev–Trinajstić information content (AvgIpc) is 3.59. The van der Waals surface area contributed by atoms with Crippen molar-refractivity contribution < 1.29 is 36.6 Å². The quantitative estimate of drug-likeness (QED) is 0.277. The van der Waals surface area contributed by atoms with Crippen molar-refractivity contribution in [3.8, 4) is 0 Å². The van der Waals surface area contributed by atoms with E-state index in [0.29, 0.717) is 19.2 Å². The van der Waals surface area contributed by atoms with Gasteiger partial charge in [-0.1, -0.05) is 23.2 Å². The molecule has 2 bridgehead atoms. The van der Waals surface area contributed by atoms with Gasteiger partial charge in [-0.05, 0) is 62.5 Å². The highest BCUT2D eigenvalue weighted by atomic mass is 35.5. The van der Waals surface area contributed by atoms with Gasteiger partial charge in [-0.25, -0.2) is 18.7 Å². The summed E-state index contributed by atoms with van der Waals surface area (Å²) in [6, 6.07) is 1.48. The number of alkyl halides is 4. The molecule has 3 saturated carbocycles. The van der Waals surface area contributed by atoms with Crippen molar-refractivity contribution in [1.29, 1.82) is 0 Å². The molecule has 5 rings (SSSR count). The third-order valence-corrected chi connectivity index (χ3v) is 9.68. The fourth-order valence-corrected chi connectivity index (χ4v) is 7.17. The SMILES string of the molecule is O=C(NC[C@H]1C[C@H](C(=O)N[C@H](c2c(F)ccc(Cl)c2Cl)C23CCC(F)(CC2)C3)C[C@H]1O)c1cncnc1C(F)(F)F. The molecule has 3 N–H and O–H groups in total. The van der Waals surface area contributed by atoms with E-state index in [1.165, 1.54) is 6.07 Å². The van der Waals surface area contributed by atoms with Crippen LogP contribution in [0.2, 0.25) is 10.0 Å². The second-order valence-electron chi connectivity index (χ2n) is 11.4. The zero-order valence-corrected chi connectivity index (χ0v) is 23.1. The number of rotatable bonds is 7. The molecule has 0 saturated heterocycles. The average molecular weight is 621 g/mol. The Morgan fingerprint density at radius 1 is 1.15 bits per heavy atom. The van der Waals surface area contributed by atoms with Gasteiger partial charge in [0.1, 0.15) is 17.8 Å². The van der Waals surface area contributed by atoms with Gasteiger partial charge in [0, 0.05) is 30.1 Å².